The van der Waals surface area contributed by atoms with E-state index in [-0.39, 0.29) is 12.0 Å². The number of esters is 1. The second-order valence-electron chi connectivity index (χ2n) is 10.3. The smallest absolute Gasteiger partial charge is 0.432 e. The molecule has 0 bridgehead atoms. The van der Waals surface area contributed by atoms with Gasteiger partial charge < -0.3 is 9.47 Å². The monoisotopic (exact) mass is 577 g/mol. The molecule has 0 aliphatic heterocycles. The van der Waals surface area contributed by atoms with Gasteiger partial charge in [-0.3, -0.25) is 10.3 Å². The largest absolute Gasteiger partial charge is 0.457 e. The third-order valence-electron chi connectivity index (χ3n) is 7.19. The maximum Gasteiger partial charge on any atom is 0.432 e. The Morgan fingerprint density at radius 1 is 0.854 bits per heavy atom. The third-order valence-corrected chi connectivity index (χ3v) is 7.19. The van der Waals surface area contributed by atoms with E-state index < -0.39 is 30.0 Å². The molecule has 0 spiro atoms. The van der Waals surface area contributed by atoms with Gasteiger partial charge in [0, 0.05) is 19.1 Å². The van der Waals surface area contributed by atoms with E-state index in [1.807, 2.05) is 18.2 Å². The summed E-state index contributed by atoms with van der Waals surface area (Å²) in [6.07, 6.45) is 6.76. The molecular weight excluding hydrogens is 531 g/mol. The van der Waals surface area contributed by atoms with Crippen LogP contribution in [0.25, 0.3) is 0 Å². The summed E-state index contributed by atoms with van der Waals surface area (Å²) in [6.45, 7) is 5.94. The number of para-hydroxylation sites is 1. The molecule has 0 saturated carbocycles. The first-order chi connectivity index (χ1) is 19.8. The Bertz CT molecular complexity index is 987. The molecule has 2 aromatic rings. The fraction of sp³-hybridized carbons (Fsp3) is 0.545. The second-order valence-corrected chi connectivity index (χ2v) is 10.3. The Morgan fingerprint density at radius 3 is 1.90 bits per heavy atom. The maximum atomic E-state index is 14.5. The van der Waals surface area contributed by atoms with Gasteiger partial charge >= 0.3 is 12.1 Å². The predicted octanol–water partition coefficient (Wildman–Crippen LogP) is 9.30. The molecule has 0 heterocycles. The van der Waals surface area contributed by atoms with E-state index in [0.717, 1.165) is 32.8 Å². The molecule has 2 aromatic carbocycles. The number of hydrogen-bond acceptors (Lipinski definition) is 5. The molecule has 0 radical (unpaired) electrons. The van der Waals surface area contributed by atoms with Crippen molar-refractivity contribution in [2.45, 2.75) is 108 Å². The van der Waals surface area contributed by atoms with Crippen LogP contribution in [0.15, 0.2) is 73.3 Å². The number of halogens is 3. The summed E-state index contributed by atoms with van der Waals surface area (Å²) >= 11 is 0. The van der Waals surface area contributed by atoms with E-state index in [1.54, 1.807) is 18.2 Å². The first-order valence-corrected chi connectivity index (χ1v) is 14.8. The van der Waals surface area contributed by atoms with Crippen LogP contribution >= 0.6 is 0 Å². The van der Waals surface area contributed by atoms with Crippen molar-refractivity contribution in [3.05, 3.63) is 78.9 Å². The summed E-state index contributed by atoms with van der Waals surface area (Å²) < 4.78 is 53.9. The molecule has 0 aliphatic carbocycles. The average Bonchev–Trinajstić information content (AvgIpc) is 2.96. The van der Waals surface area contributed by atoms with Gasteiger partial charge in [0.2, 0.25) is 0 Å². The molecule has 8 heteroatoms. The van der Waals surface area contributed by atoms with Gasteiger partial charge in [-0.05, 0) is 18.6 Å². The number of nitrogens with one attached hydrogen (secondary N) is 1. The van der Waals surface area contributed by atoms with Crippen LogP contribution in [-0.4, -0.2) is 31.5 Å². The highest BCUT2D eigenvalue weighted by Crippen LogP contribution is 2.43. The Labute approximate surface area is 243 Å². The predicted molar refractivity (Wildman–Crippen MR) is 157 cm³/mol. The Hall–Kier alpha value is -2.84. The summed E-state index contributed by atoms with van der Waals surface area (Å²) in [4.78, 5) is 19.3. The molecule has 3 atom stereocenters. The normalized spacial score (nSPS) is 14.6. The van der Waals surface area contributed by atoms with E-state index in [9.17, 15) is 18.0 Å². The first kappa shape index (κ1) is 34.4. The van der Waals surface area contributed by atoms with Gasteiger partial charge in [0.25, 0.3) is 5.60 Å². The summed E-state index contributed by atoms with van der Waals surface area (Å²) in [6, 6.07) is 16.0. The maximum absolute atomic E-state index is 14.5. The van der Waals surface area contributed by atoms with Crippen molar-refractivity contribution in [3.8, 4) is 0 Å². The number of carbonyl (C=O) groups excluding carboxylic acids is 1. The number of alkyl halides is 3. The number of ether oxygens (including phenoxy) is 2. The number of methoxy groups -OCH3 is 1. The van der Waals surface area contributed by atoms with Crippen LogP contribution in [0.4, 0.5) is 18.9 Å². The molecule has 0 aliphatic rings. The zero-order chi connectivity index (χ0) is 30.0. The number of anilines is 1. The fourth-order valence-corrected chi connectivity index (χ4v) is 4.85. The van der Waals surface area contributed by atoms with Crippen LogP contribution < -0.4 is 5.48 Å². The summed E-state index contributed by atoms with van der Waals surface area (Å²) in [5.74, 6) is -1.54. The van der Waals surface area contributed by atoms with E-state index in [4.69, 9.17) is 14.3 Å². The quantitative estimate of drug-likeness (QED) is 0.0693. The van der Waals surface area contributed by atoms with Crippen molar-refractivity contribution in [1.82, 2.24) is 0 Å². The lowest BCUT2D eigenvalue weighted by atomic mass is 9.92. The highest BCUT2D eigenvalue weighted by atomic mass is 19.4. The molecule has 0 amide bonds. The molecule has 0 saturated heterocycles. The molecule has 1 N–H and O–H groups in total. The minimum Gasteiger partial charge on any atom is -0.457 e. The van der Waals surface area contributed by atoms with Crippen LogP contribution in [0, 0.1) is 0 Å². The average molecular weight is 578 g/mol. The molecule has 0 unspecified atom stereocenters. The molecule has 41 heavy (non-hydrogen) atoms. The van der Waals surface area contributed by atoms with Gasteiger partial charge in [-0.15, -0.1) is 6.58 Å². The van der Waals surface area contributed by atoms with Crippen molar-refractivity contribution in [3.63, 3.8) is 0 Å². The van der Waals surface area contributed by atoms with E-state index >= 15 is 0 Å². The number of carbonyl (C=O) groups is 1. The highest BCUT2D eigenvalue weighted by molar-refractivity contribution is 5.83. The second kappa shape index (κ2) is 18.6. The summed E-state index contributed by atoms with van der Waals surface area (Å²) in [7, 11) is 0.860. The van der Waals surface area contributed by atoms with Gasteiger partial charge in [0.15, 0.2) is 0 Å². The molecule has 0 aromatic heterocycles. The number of benzene rings is 2. The minimum absolute atomic E-state index is 0.108. The Morgan fingerprint density at radius 2 is 1.39 bits per heavy atom. The van der Waals surface area contributed by atoms with Gasteiger partial charge in [-0.2, -0.15) is 13.2 Å². The van der Waals surface area contributed by atoms with Crippen molar-refractivity contribution in [1.29, 1.82) is 0 Å². The van der Waals surface area contributed by atoms with Gasteiger partial charge in [-0.25, -0.2) is 4.79 Å². The van der Waals surface area contributed by atoms with Crippen molar-refractivity contribution in [2.24, 2.45) is 0 Å². The lowest BCUT2D eigenvalue weighted by Gasteiger charge is -2.35. The zero-order valence-electron chi connectivity index (χ0n) is 24.5. The summed E-state index contributed by atoms with van der Waals surface area (Å²) in [5, 5.41) is 0. The SMILES string of the molecule is C=CC[C@H](OC(=O)[C@@](OC)(c1ccccc1)C(F)(F)F)[C@@H](CCCCCCCCCCCC)ONc1ccccc1. The Balaban J connectivity index is 2.13. The van der Waals surface area contributed by atoms with Crippen LogP contribution in [-0.2, 0) is 24.7 Å². The van der Waals surface area contributed by atoms with Crippen LogP contribution in [0.2, 0.25) is 0 Å². The first-order valence-electron chi connectivity index (χ1n) is 14.8. The highest BCUT2D eigenvalue weighted by Gasteiger charge is 2.64. The van der Waals surface area contributed by atoms with E-state index in [1.165, 1.54) is 68.9 Å². The van der Waals surface area contributed by atoms with Gasteiger partial charge in [0.05, 0.1) is 5.69 Å². The standard InChI is InChI=1S/C33H46F3NO4/c1-4-6-7-8-9-10-11-12-13-20-26-30(41-37-28-24-18-15-19-25-28)29(21-5-2)40-31(38)32(39-3,33(34,35)36)27-22-16-14-17-23-27/h5,14-19,22-25,29-30,37H,2,4,6-13,20-21,26H2,1,3H3/t29-,30+,32-/m0/s1. The Kier molecular flexibility index (Phi) is 15.6. The zero-order valence-corrected chi connectivity index (χ0v) is 24.5. The third kappa shape index (κ3) is 10.8. The topological polar surface area (TPSA) is 56.8 Å². The van der Waals surface area contributed by atoms with Crippen molar-refractivity contribution < 1.29 is 32.3 Å². The summed E-state index contributed by atoms with van der Waals surface area (Å²) in [5.41, 5.74) is -0.0763. The van der Waals surface area contributed by atoms with Gasteiger partial charge in [0.1, 0.15) is 12.2 Å². The molecule has 0 fully saturated rings. The van der Waals surface area contributed by atoms with Crippen molar-refractivity contribution in [2.75, 3.05) is 12.6 Å². The fourth-order valence-electron chi connectivity index (χ4n) is 4.85. The van der Waals surface area contributed by atoms with Crippen LogP contribution in [0.1, 0.15) is 89.5 Å². The number of hydrogen-bond donors (Lipinski definition) is 1. The lowest BCUT2D eigenvalue weighted by molar-refractivity contribution is -0.279. The molecule has 2 rings (SSSR count). The molecular formula is C33H46F3NO4. The van der Waals surface area contributed by atoms with Crippen LogP contribution in [0.3, 0.4) is 0 Å². The van der Waals surface area contributed by atoms with Crippen LogP contribution in [0.5, 0.6) is 0 Å². The van der Waals surface area contributed by atoms with Gasteiger partial charge in [-0.1, -0.05) is 126 Å². The molecule has 228 valence electrons. The number of rotatable bonds is 21. The number of unbranched alkanes of at least 4 members (excludes halogenated alkanes) is 9. The minimum atomic E-state index is -5.06. The molecule has 5 nitrogen and oxygen atoms in total. The lowest BCUT2D eigenvalue weighted by Crippen LogP contribution is -2.53. The van der Waals surface area contributed by atoms with E-state index in [0.29, 0.717) is 12.1 Å². The van der Waals surface area contributed by atoms with Crippen molar-refractivity contribution >= 4 is 11.7 Å². The van der Waals surface area contributed by atoms with E-state index in [2.05, 4.69) is 19.0 Å².